The number of amides is 1. The molecule has 1 aromatic rings. The second kappa shape index (κ2) is 5.70. The summed E-state index contributed by atoms with van der Waals surface area (Å²) in [6.45, 7) is 2.04. The third-order valence-electron chi connectivity index (χ3n) is 2.00. The van der Waals surface area contributed by atoms with E-state index in [1.807, 2.05) is 28.7 Å². The van der Waals surface area contributed by atoms with Crippen LogP contribution in [0.15, 0.2) is 18.2 Å². The van der Waals surface area contributed by atoms with Gasteiger partial charge in [0.05, 0.1) is 15.6 Å². The van der Waals surface area contributed by atoms with Crippen LogP contribution in [0.5, 0.6) is 5.75 Å². The zero-order chi connectivity index (χ0) is 12.1. The lowest BCUT2D eigenvalue weighted by Gasteiger charge is -2.06. The van der Waals surface area contributed by atoms with Gasteiger partial charge in [-0.05, 0) is 47.7 Å². The van der Waals surface area contributed by atoms with Gasteiger partial charge in [-0.25, -0.2) is 0 Å². The van der Waals surface area contributed by atoms with Crippen LogP contribution in [0.25, 0.3) is 0 Å². The Morgan fingerprint density at radius 2 is 2.38 bits per heavy atom. The van der Waals surface area contributed by atoms with Gasteiger partial charge in [0.2, 0.25) is 0 Å². The maximum Gasteiger partial charge on any atom is 0.251 e. The van der Waals surface area contributed by atoms with Crippen molar-refractivity contribution in [1.29, 1.82) is 5.26 Å². The average molecular weight is 330 g/mol. The number of carbonyl (C=O) groups excluding carboxylic acids is 1. The number of nitrogens with one attached hydrogen (secondary N) is 1. The fraction of sp³-hybridized carbons (Fsp3) is 0.273. The number of carbonyl (C=O) groups is 1. The third kappa shape index (κ3) is 3.38. The van der Waals surface area contributed by atoms with Crippen LogP contribution < -0.4 is 5.32 Å². The lowest BCUT2D eigenvalue weighted by molar-refractivity contribution is 0.0950. The molecule has 16 heavy (non-hydrogen) atoms. The molecule has 0 fully saturated rings. The topological polar surface area (TPSA) is 73.1 Å². The Morgan fingerprint density at radius 3 is 2.94 bits per heavy atom. The molecule has 1 unspecified atom stereocenters. The van der Waals surface area contributed by atoms with Crippen molar-refractivity contribution in [2.24, 2.45) is 5.92 Å². The number of hydrogen-bond donors (Lipinski definition) is 2. The SMILES string of the molecule is CC(C#N)CNC(=O)c1ccc(I)c(O)c1. The molecule has 0 bridgehead atoms. The Morgan fingerprint density at radius 1 is 1.69 bits per heavy atom. The summed E-state index contributed by atoms with van der Waals surface area (Å²) in [6, 6.07) is 6.74. The van der Waals surface area contributed by atoms with Crippen molar-refractivity contribution in [2.75, 3.05) is 6.54 Å². The standard InChI is InChI=1S/C11H11IN2O2/c1-7(5-13)6-14-11(16)8-2-3-9(12)10(15)4-8/h2-4,7,15H,6H2,1H3,(H,14,16). The third-order valence-corrected chi connectivity index (χ3v) is 2.91. The van der Waals surface area contributed by atoms with Crippen LogP contribution in [0.1, 0.15) is 17.3 Å². The van der Waals surface area contributed by atoms with Crippen molar-refractivity contribution < 1.29 is 9.90 Å². The number of benzene rings is 1. The Labute approximate surface area is 107 Å². The zero-order valence-electron chi connectivity index (χ0n) is 8.70. The summed E-state index contributed by atoms with van der Waals surface area (Å²) in [5.74, 6) is -0.420. The summed E-state index contributed by atoms with van der Waals surface area (Å²) in [6.07, 6.45) is 0. The fourth-order valence-corrected chi connectivity index (χ4v) is 1.38. The summed E-state index contributed by atoms with van der Waals surface area (Å²) >= 11 is 1.98. The minimum Gasteiger partial charge on any atom is -0.507 e. The van der Waals surface area contributed by atoms with Crippen molar-refractivity contribution in [3.63, 3.8) is 0 Å². The van der Waals surface area contributed by atoms with Crippen LogP contribution >= 0.6 is 22.6 Å². The molecule has 1 atom stereocenters. The van der Waals surface area contributed by atoms with E-state index in [1.165, 1.54) is 6.07 Å². The van der Waals surface area contributed by atoms with Gasteiger partial charge in [-0.1, -0.05) is 0 Å². The van der Waals surface area contributed by atoms with Crippen molar-refractivity contribution in [3.8, 4) is 11.8 Å². The number of nitrogens with zero attached hydrogens (tertiary/aromatic N) is 1. The molecule has 1 amide bonds. The number of rotatable bonds is 3. The van der Waals surface area contributed by atoms with Crippen molar-refractivity contribution in [3.05, 3.63) is 27.3 Å². The van der Waals surface area contributed by atoms with E-state index >= 15 is 0 Å². The van der Waals surface area contributed by atoms with Gasteiger partial charge in [0.25, 0.3) is 5.91 Å². The molecule has 4 nitrogen and oxygen atoms in total. The molecule has 2 N–H and O–H groups in total. The van der Waals surface area contributed by atoms with E-state index in [2.05, 4.69) is 5.32 Å². The summed E-state index contributed by atoms with van der Waals surface area (Å²) in [4.78, 5) is 11.6. The molecule has 0 saturated carbocycles. The van der Waals surface area contributed by atoms with Gasteiger partial charge in [0, 0.05) is 12.1 Å². The minimum atomic E-state index is -0.284. The van der Waals surface area contributed by atoms with Gasteiger partial charge in [0.1, 0.15) is 5.75 Å². The normalized spacial score (nSPS) is 11.6. The summed E-state index contributed by atoms with van der Waals surface area (Å²) < 4.78 is 0.694. The lowest BCUT2D eigenvalue weighted by Crippen LogP contribution is -2.27. The highest BCUT2D eigenvalue weighted by Crippen LogP contribution is 2.20. The van der Waals surface area contributed by atoms with Gasteiger partial charge in [-0.3, -0.25) is 4.79 Å². The molecule has 0 aliphatic heterocycles. The Bertz CT molecular complexity index is 440. The van der Waals surface area contributed by atoms with Crippen molar-refractivity contribution in [1.82, 2.24) is 5.32 Å². The number of hydrogen-bond acceptors (Lipinski definition) is 3. The van der Waals surface area contributed by atoms with Gasteiger partial charge in [0.15, 0.2) is 0 Å². The summed E-state index contributed by atoms with van der Waals surface area (Å²) in [7, 11) is 0. The predicted octanol–water partition coefficient (Wildman–Crippen LogP) is 1.89. The zero-order valence-corrected chi connectivity index (χ0v) is 10.9. The number of phenols is 1. The Balaban J connectivity index is 2.67. The maximum absolute atomic E-state index is 11.6. The number of phenolic OH excluding ortho intramolecular Hbond substituents is 1. The van der Waals surface area contributed by atoms with Gasteiger partial charge in [-0.15, -0.1) is 0 Å². The molecule has 1 aromatic carbocycles. The molecule has 0 aromatic heterocycles. The van der Waals surface area contributed by atoms with E-state index in [1.54, 1.807) is 19.1 Å². The largest absolute Gasteiger partial charge is 0.507 e. The first-order valence-corrected chi connectivity index (χ1v) is 5.78. The number of nitriles is 1. The molecule has 0 spiro atoms. The minimum absolute atomic E-state index is 0.0848. The fourth-order valence-electron chi connectivity index (χ4n) is 1.05. The highest BCUT2D eigenvalue weighted by Gasteiger charge is 2.09. The van der Waals surface area contributed by atoms with Gasteiger partial charge >= 0.3 is 0 Å². The van der Waals surface area contributed by atoms with E-state index in [-0.39, 0.29) is 17.6 Å². The van der Waals surface area contributed by atoms with Crippen molar-refractivity contribution >= 4 is 28.5 Å². The molecule has 1 rings (SSSR count). The van der Waals surface area contributed by atoms with Crippen molar-refractivity contribution in [2.45, 2.75) is 6.92 Å². The molecular formula is C11H11IN2O2. The molecule has 0 aliphatic carbocycles. The first kappa shape index (κ1) is 12.8. The van der Waals surface area contributed by atoms with E-state index in [0.29, 0.717) is 15.7 Å². The molecule has 0 heterocycles. The predicted molar refractivity (Wildman–Crippen MR) is 67.9 cm³/mol. The molecule has 0 aliphatic rings. The Hall–Kier alpha value is -1.29. The molecular weight excluding hydrogens is 319 g/mol. The number of halogens is 1. The molecule has 0 radical (unpaired) electrons. The first-order valence-electron chi connectivity index (χ1n) is 4.71. The monoisotopic (exact) mass is 330 g/mol. The second-order valence-corrected chi connectivity index (χ2v) is 4.57. The highest BCUT2D eigenvalue weighted by molar-refractivity contribution is 14.1. The smallest absolute Gasteiger partial charge is 0.251 e. The van der Waals surface area contributed by atoms with E-state index in [0.717, 1.165) is 0 Å². The molecule has 0 saturated heterocycles. The van der Waals surface area contributed by atoms with Crippen LogP contribution in [0.3, 0.4) is 0 Å². The quantitative estimate of drug-likeness (QED) is 0.831. The summed E-state index contributed by atoms with van der Waals surface area (Å²) in [5.41, 5.74) is 0.392. The second-order valence-electron chi connectivity index (χ2n) is 3.41. The van der Waals surface area contributed by atoms with Crippen LogP contribution in [0, 0.1) is 20.8 Å². The average Bonchev–Trinajstić information content (AvgIpc) is 2.29. The van der Waals surface area contributed by atoms with Crippen LogP contribution in [0.4, 0.5) is 0 Å². The summed E-state index contributed by atoms with van der Waals surface area (Å²) in [5, 5.41) is 20.6. The lowest BCUT2D eigenvalue weighted by atomic mass is 10.2. The Kier molecular flexibility index (Phi) is 4.55. The van der Waals surface area contributed by atoms with Gasteiger partial charge < -0.3 is 10.4 Å². The van der Waals surface area contributed by atoms with E-state index in [4.69, 9.17) is 5.26 Å². The highest BCUT2D eigenvalue weighted by atomic mass is 127. The van der Waals surface area contributed by atoms with E-state index in [9.17, 15) is 9.90 Å². The molecule has 84 valence electrons. The van der Waals surface area contributed by atoms with Crippen LogP contribution in [-0.2, 0) is 0 Å². The van der Waals surface area contributed by atoms with Crippen LogP contribution in [0.2, 0.25) is 0 Å². The number of aromatic hydroxyl groups is 1. The first-order chi connectivity index (χ1) is 7.54. The van der Waals surface area contributed by atoms with E-state index < -0.39 is 0 Å². The maximum atomic E-state index is 11.6. The van der Waals surface area contributed by atoms with Crippen LogP contribution in [-0.4, -0.2) is 17.6 Å². The molecule has 5 heteroatoms. The van der Waals surface area contributed by atoms with Gasteiger partial charge in [-0.2, -0.15) is 5.26 Å².